The second kappa shape index (κ2) is 15.6. The molecule has 2 aliphatic rings. The van der Waals surface area contributed by atoms with Crippen molar-refractivity contribution in [3.8, 4) is 5.75 Å². The number of halogens is 1. The summed E-state index contributed by atoms with van der Waals surface area (Å²) in [5, 5.41) is 4.41. The molecule has 2 heterocycles. The van der Waals surface area contributed by atoms with Gasteiger partial charge in [-0.3, -0.25) is 4.79 Å². The van der Waals surface area contributed by atoms with E-state index in [0.29, 0.717) is 65.7 Å². The van der Waals surface area contributed by atoms with Crippen LogP contribution in [0, 0.1) is 0 Å². The van der Waals surface area contributed by atoms with E-state index in [1.807, 2.05) is 30.0 Å². The number of thioether (sulfide) groups is 1. The lowest BCUT2D eigenvalue weighted by Crippen LogP contribution is -2.55. The lowest BCUT2D eigenvalue weighted by molar-refractivity contribution is -0.133. The van der Waals surface area contributed by atoms with E-state index in [2.05, 4.69) is 10.6 Å². The van der Waals surface area contributed by atoms with E-state index in [-0.39, 0.29) is 28.7 Å². The minimum Gasteiger partial charge on any atom is -0.497 e. The van der Waals surface area contributed by atoms with Crippen molar-refractivity contribution in [1.82, 2.24) is 15.5 Å². The van der Waals surface area contributed by atoms with Crippen LogP contribution < -0.4 is 21.1 Å². The van der Waals surface area contributed by atoms with Crippen LogP contribution in [0.3, 0.4) is 0 Å². The lowest BCUT2D eigenvalue weighted by Gasteiger charge is -2.38. The summed E-state index contributed by atoms with van der Waals surface area (Å²) in [5.74, 6) is 0.839. The topological polar surface area (TPSA) is 124 Å². The maximum Gasteiger partial charge on any atom is 0.315 e. The summed E-state index contributed by atoms with van der Waals surface area (Å²) in [5.41, 5.74) is 7.70. The Labute approximate surface area is 228 Å². The molecule has 0 radical (unpaired) electrons. The van der Waals surface area contributed by atoms with Crippen LogP contribution in [0.5, 0.6) is 5.75 Å². The highest BCUT2D eigenvalue weighted by Crippen LogP contribution is 2.35. The molecular formula is C25H39ClN4O6S. The van der Waals surface area contributed by atoms with Crippen LogP contribution in [-0.4, -0.2) is 99.2 Å². The fourth-order valence-electron chi connectivity index (χ4n) is 4.35. The van der Waals surface area contributed by atoms with Crippen molar-refractivity contribution in [2.75, 3.05) is 66.4 Å². The Balaban J connectivity index is 1.57. The first-order chi connectivity index (χ1) is 17.9. The number of amides is 3. The predicted molar refractivity (Wildman–Crippen MR) is 144 cm³/mol. The van der Waals surface area contributed by atoms with Crippen molar-refractivity contribution in [3.05, 3.63) is 29.3 Å². The summed E-state index contributed by atoms with van der Waals surface area (Å²) in [6.07, 6.45) is 1.25. The summed E-state index contributed by atoms with van der Waals surface area (Å²) < 4.78 is 21.9. The molecule has 0 bridgehead atoms. The van der Waals surface area contributed by atoms with Crippen LogP contribution in [0.1, 0.15) is 30.5 Å². The number of methoxy groups -OCH3 is 1. The van der Waals surface area contributed by atoms with E-state index in [0.717, 1.165) is 17.7 Å². The highest BCUT2D eigenvalue weighted by atomic mass is 35.5. The Hall–Kier alpha value is -1.76. The zero-order chi connectivity index (χ0) is 26.6. The van der Waals surface area contributed by atoms with Gasteiger partial charge in [-0.25, -0.2) is 4.79 Å². The number of fused-ring (bicyclic) bond motifs is 1. The molecule has 0 spiro atoms. The number of nitrogens with two attached hydrogens (primary N) is 1. The van der Waals surface area contributed by atoms with Crippen molar-refractivity contribution < 1.29 is 28.5 Å². The second-order valence-corrected chi connectivity index (χ2v) is 10.8. The minimum atomic E-state index is -0.419. The summed E-state index contributed by atoms with van der Waals surface area (Å²) in [6.45, 7) is 6.24. The Kier molecular flexibility index (Phi) is 12.6. The third-order valence-electron chi connectivity index (χ3n) is 6.35. The van der Waals surface area contributed by atoms with Gasteiger partial charge in [-0.15, -0.1) is 23.4 Å². The maximum atomic E-state index is 13.8. The Morgan fingerprint density at radius 3 is 2.59 bits per heavy atom. The molecule has 2 aliphatic heterocycles. The zero-order valence-electron chi connectivity index (χ0n) is 21.6. The Morgan fingerprint density at radius 1 is 1.19 bits per heavy atom. The van der Waals surface area contributed by atoms with Gasteiger partial charge in [-0.1, -0.05) is 6.07 Å². The SMILES string of the molecule is COc1ccc2c(c1)CCN(C(=O)[C@H](CCOCCOCCOCCN)SC1NC(=O)NCC1Cl)[C@@H]2C. The average Bonchev–Trinajstić information content (AvgIpc) is 2.90. The number of rotatable bonds is 15. The number of alkyl halides is 1. The summed E-state index contributed by atoms with van der Waals surface area (Å²) in [4.78, 5) is 27.6. The van der Waals surface area contributed by atoms with Crippen molar-refractivity contribution in [1.29, 1.82) is 0 Å². The monoisotopic (exact) mass is 558 g/mol. The van der Waals surface area contributed by atoms with Crippen LogP contribution in [0.2, 0.25) is 0 Å². The van der Waals surface area contributed by atoms with Crippen molar-refractivity contribution in [2.24, 2.45) is 5.73 Å². The molecule has 3 amide bonds. The van der Waals surface area contributed by atoms with E-state index in [1.54, 1.807) is 7.11 Å². The second-order valence-electron chi connectivity index (χ2n) is 8.85. The first-order valence-corrected chi connectivity index (χ1v) is 14.1. The van der Waals surface area contributed by atoms with Gasteiger partial charge in [0.1, 0.15) is 5.75 Å². The van der Waals surface area contributed by atoms with E-state index in [1.165, 1.54) is 17.3 Å². The smallest absolute Gasteiger partial charge is 0.315 e. The number of carbonyl (C=O) groups excluding carboxylic acids is 2. The first kappa shape index (κ1) is 29.8. The number of hydrogen-bond donors (Lipinski definition) is 3. The first-order valence-electron chi connectivity index (χ1n) is 12.7. The van der Waals surface area contributed by atoms with Gasteiger partial charge in [0.25, 0.3) is 0 Å². The van der Waals surface area contributed by atoms with Crippen LogP contribution >= 0.6 is 23.4 Å². The molecule has 3 rings (SSSR count). The number of urea groups is 1. The van der Waals surface area contributed by atoms with Gasteiger partial charge in [0.15, 0.2) is 0 Å². The van der Waals surface area contributed by atoms with Crippen molar-refractivity contribution in [3.63, 3.8) is 0 Å². The quantitative estimate of drug-likeness (QED) is 0.220. The summed E-state index contributed by atoms with van der Waals surface area (Å²) >= 11 is 7.87. The zero-order valence-corrected chi connectivity index (χ0v) is 23.2. The van der Waals surface area contributed by atoms with Gasteiger partial charge in [-0.05, 0) is 43.0 Å². The Bertz CT molecular complexity index is 882. The average molecular weight is 559 g/mol. The van der Waals surface area contributed by atoms with Crippen molar-refractivity contribution >= 4 is 35.3 Å². The molecule has 0 saturated carbocycles. The molecule has 37 heavy (non-hydrogen) atoms. The number of carbonyl (C=O) groups is 2. The molecule has 4 atom stereocenters. The normalized spacial score (nSPS) is 22.1. The molecule has 4 N–H and O–H groups in total. The number of ether oxygens (including phenoxy) is 4. The van der Waals surface area contributed by atoms with Crippen molar-refractivity contribution in [2.45, 2.75) is 41.8 Å². The molecule has 1 aromatic carbocycles. The van der Waals surface area contributed by atoms with Crippen LogP contribution in [0.25, 0.3) is 0 Å². The molecular weight excluding hydrogens is 520 g/mol. The molecule has 1 fully saturated rings. The fraction of sp³-hybridized carbons (Fsp3) is 0.680. The Morgan fingerprint density at radius 2 is 1.89 bits per heavy atom. The maximum absolute atomic E-state index is 13.8. The lowest BCUT2D eigenvalue weighted by atomic mass is 9.93. The highest BCUT2D eigenvalue weighted by molar-refractivity contribution is 8.01. The van der Waals surface area contributed by atoms with Gasteiger partial charge in [-0.2, -0.15) is 0 Å². The molecule has 0 aliphatic carbocycles. The number of nitrogens with zero attached hydrogens (tertiary/aromatic N) is 1. The third kappa shape index (κ3) is 8.90. The summed E-state index contributed by atoms with van der Waals surface area (Å²) in [7, 11) is 1.65. The van der Waals surface area contributed by atoms with Crippen LogP contribution in [0.15, 0.2) is 18.2 Å². The molecule has 10 nitrogen and oxygen atoms in total. The number of hydrogen-bond acceptors (Lipinski definition) is 8. The third-order valence-corrected chi connectivity index (χ3v) is 8.41. The van der Waals surface area contributed by atoms with Gasteiger partial charge < -0.3 is 40.2 Å². The van der Waals surface area contributed by atoms with Gasteiger partial charge in [0, 0.05) is 26.2 Å². The van der Waals surface area contributed by atoms with E-state index >= 15 is 0 Å². The van der Waals surface area contributed by atoms with Gasteiger partial charge in [0.2, 0.25) is 5.91 Å². The molecule has 0 aromatic heterocycles. The molecule has 208 valence electrons. The van der Waals surface area contributed by atoms with Gasteiger partial charge >= 0.3 is 6.03 Å². The number of benzene rings is 1. The van der Waals surface area contributed by atoms with Gasteiger partial charge in [0.05, 0.1) is 62.2 Å². The predicted octanol–water partition coefficient (Wildman–Crippen LogP) is 1.89. The van der Waals surface area contributed by atoms with E-state index in [4.69, 9.17) is 36.3 Å². The standard InChI is InChI=1S/C25H39ClN4O6S/c1-17-20-4-3-19(33-2)15-18(20)5-8-30(17)24(31)22(37-23-21(26)16-28-25(32)29-23)6-9-34-11-13-36-14-12-35-10-7-27/h3-4,15,17,21-23H,5-14,16,27H2,1-2H3,(H2,28,29,32)/t17-,21?,22+,23?/m1/s1. The van der Waals surface area contributed by atoms with Crippen LogP contribution in [-0.2, 0) is 25.4 Å². The van der Waals surface area contributed by atoms with E-state index < -0.39 is 5.25 Å². The van der Waals surface area contributed by atoms with E-state index in [9.17, 15) is 9.59 Å². The molecule has 1 aromatic rings. The largest absolute Gasteiger partial charge is 0.497 e. The highest BCUT2D eigenvalue weighted by Gasteiger charge is 2.36. The fourth-order valence-corrected chi connectivity index (χ4v) is 5.95. The van der Waals surface area contributed by atoms with Crippen LogP contribution in [0.4, 0.5) is 4.79 Å². The molecule has 12 heteroatoms. The summed E-state index contributed by atoms with van der Waals surface area (Å²) in [6, 6.07) is 5.65. The molecule has 2 unspecified atom stereocenters. The number of nitrogens with one attached hydrogen (secondary N) is 2. The minimum absolute atomic E-state index is 0.0209. The molecule has 1 saturated heterocycles.